The molecule has 3 nitrogen and oxygen atoms in total. The number of hydrogen-bond donors (Lipinski definition) is 0. The highest BCUT2D eigenvalue weighted by Gasteiger charge is 2.12. The van der Waals surface area contributed by atoms with Gasteiger partial charge in [-0.05, 0) is 36.2 Å². The van der Waals surface area contributed by atoms with E-state index >= 15 is 0 Å². The molecule has 3 rings (SSSR count). The number of halogens is 2. The van der Waals surface area contributed by atoms with Crippen molar-refractivity contribution in [3.63, 3.8) is 0 Å². The molecule has 0 aliphatic carbocycles. The summed E-state index contributed by atoms with van der Waals surface area (Å²) in [4.78, 5) is 17.4. The lowest BCUT2D eigenvalue weighted by Crippen LogP contribution is -2.23. The standard InChI is InChI=1S/C19H18F2N2OS/c1-2-3-10-23-18(24)14-6-4-5-7-17(14)22-19(23)25-12-13-8-9-15(20)16(21)11-13/h4-9,11H,2-3,10,12H2,1H3. The maximum absolute atomic E-state index is 13.4. The van der Waals surface area contributed by atoms with E-state index in [4.69, 9.17) is 0 Å². The molecule has 0 atom stereocenters. The molecule has 6 heteroatoms. The highest BCUT2D eigenvalue weighted by atomic mass is 32.2. The van der Waals surface area contributed by atoms with Crippen LogP contribution in [0.5, 0.6) is 0 Å². The van der Waals surface area contributed by atoms with Gasteiger partial charge in [0.1, 0.15) is 0 Å². The third kappa shape index (κ3) is 3.90. The Morgan fingerprint density at radius 1 is 1.12 bits per heavy atom. The SMILES string of the molecule is CCCCn1c(SCc2ccc(F)c(F)c2)nc2ccccc2c1=O. The highest BCUT2D eigenvalue weighted by molar-refractivity contribution is 7.98. The third-order valence-electron chi connectivity index (χ3n) is 3.91. The minimum absolute atomic E-state index is 0.0631. The van der Waals surface area contributed by atoms with Crippen LogP contribution >= 0.6 is 11.8 Å². The molecule has 0 aliphatic rings. The molecule has 3 aromatic rings. The first-order valence-electron chi connectivity index (χ1n) is 8.16. The van der Waals surface area contributed by atoms with E-state index in [9.17, 15) is 13.6 Å². The largest absolute Gasteiger partial charge is 0.287 e. The first-order chi connectivity index (χ1) is 12.1. The van der Waals surface area contributed by atoms with Gasteiger partial charge in [-0.25, -0.2) is 13.8 Å². The molecule has 0 amide bonds. The van der Waals surface area contributed by atoms with Crippen molar-refractivity contribution in [1.82, 2.24) is 9.55 Å². The average molecular weight is 360 g/mol. The van der Waals surface area contributed by atoms with E-state index < -0.39 is 11.6 Å². The first-order valence-corrected chi connectivity index (χ1v) is 9.15. The molecule has 0 unspecified atom stereocenters. The lowest BCUT2D eigenvalue weighted by Gasteiger charge is -2.12. The normalized spacial score (nSPS) is 11.2. The van der Waals surface area contributed by atoms with Crippen LogP contribution < -0.4 is 5.56 Å². The molecule has 0 spiro atoms. The first kappa shape index (κ1) is 17.6. The Hall–Kier alpha value is -2.21. The van der Waals surface area contributed by atoms with Crippen LogP contribution in [0.25, 0.3) is 10.9 Å². The van der Waals surface area contributed by atoms with Crippen molar-refractivity contribution in [2.75, 3.05) is 0 Å². The van der Waals surface area contributed by atoms with Gasteiger partial charge < -0.3 is 0 Å². The molecule has 0 bridgehead atoms. The van der Waals surface area contributed by atoms with Gasteiger partial charge in [0.25, 0.3) is 5.56 Å². The van der Waals surface area contributed by atoms with Gasteiger partial charge in [-0.3, -0.25) is 9.36 Å². The van der Waals surface area contributed by atoms with E-state index in [-0.39, 0.29) is 5.56 Å². The predicted octanol–water partition coefficient (Wildman–Crippen LogP) is 4.77. The predicted molar refractivity (Wildman–Crippen MR) is 96.8 cm³/mol. The Morgan fingerprint density at radius 2 is 1.92 bits per heavy atom. The number of para-hydroxylation sites is 1. The summed E-state index contributed by atoms with van der Waals surface area (Å²) in [5.74, 6) is -1.32. The Balaban J connectivity index is 1.95. The third-order valence-corrected chi connectivity index (χ3v) is 4.96. The van der Waals surface area contributed by atoms with Crippen molar-refractivity contribution < 1.29 is 8.78 Å². The average Bonchev–Trinajstić information content (AvgIpc) is 2.62. The Morgan fingerprint density at radius 3 is 2.68 bits per heavy atom. The fourth-order valence-corrected chi connectivity index (χ4v) is 3.52. The van der Waals surface area contributed by atoms with E-state index in [1.54, 1.807) is 16.7 Å². The molecule has 0 radical (unpaired) electrons. The van der Waals surface area contributed by atoms with Gasteiger partial charge in [0.2, 0.25) is 0 Å². The van der Waals surface area contributed by atoms with Crippen LogP contribution in [0.1, 0.15) is 25.3 Å². The summed E-state index contributed by atoms with van der Waals surface area (Å²) in [5.41, 5.74) is 1.23. The van der Waals surface area contributed by atoms with Crippen molar-refractivity contribution in [3.8, 4) is 0 Å². The number of fused-ring (bicyclic) bond motifs is 1. The fourth-order valence-electron chi connectivity index (χ4n) is 2.55. The molecule has 25 heavy (non-hydrogen) atoms. The Labute approximate surface area is 148 Å². The van der Waals surface area contributed by atoms with E-state index in [1.165, 1.54) is 17.8 Å². The van der Waals surface area contributed by atoms with Gasteiger partial charge in [-0.1, -0.05) is 43.3 Å². The summed E-state index contributed by atoms with van der Waals surface area (Å²) in [6.07, 6.45) is 1.84. The molecule has 0 saturated heterocycles. The highest BCUT2D eigenvalue weighted by Crippen LogP contribution is 2.23. The summed E-state index contributed by atoms with van der Waals surface area (Å²) >= 11 is 1.36. The monoisotopic (exact) mass is 360 g/mol. The van der Waals surface area contributed by atoms with Crippen LogP contribution in [-0.2, 0) is 12.3 Å². The molecule has 0 saturated carbocycles. The van der Waals surface area contributed by atoms with Crippen LogP contribution in [0.4, 0.5) is 8.78 Å². The number of thioether (sulfide) groups is 1. The summed E-state index contributed by atoms with van der Waals surface area (Å²) < 4.78 is 28.1. The summed E-state index contributed by atoms with van der Waals surface area (Å²) in [7, 11) is 0. The van der Waals surface area contributed by atoms with Gasteiger partial charge in [0, 0.05) is 12.3 Å². The Bertz CT molecular complexity index is 956. The number of benzene rings is 2. The van der Waals surface area contributed by atoms with Crippen molar-refractivity contribution in [2.45, 2.75) is 37.2 Å². The lowest BCUT2D eigenvalue weighted by molar-refractivity contribution is 0.507. The number of aromatic nitrogens is 2. The molecule has 1 aromatic heterocycles. The number of rotatable bonds is 6. The number of nitrogens with zero attached hydrogens (tertiary/aromatic N) is 2. The zero-order chi connectivity index (χ0) is 17.8. The smallest absolute Gasteiger partial charge is 0.262 e. The zero-order valence-electron chi connectivity index (χ0n) is 13.8. The summed E-state index contributed by atoms with van der Waals surface area (Å²) in [6.45, 7) is 2.65. The molecule has 130 valence electrons. The van der Waals surface area contributed by atoms with Crippen molar-refractivity contribution in [3.05, 3.63) is 70.0 Å². The molecule has 0 fully saturated rings. The number of hydrogen-bond acceptors (Lipinski definition) is 3. The van der Waals surface area contributed by atoms with Gasteiger partial charge in [-0.15, -0.1) is 0 Å². The maximum Gasteiger partial charge on any atom is 0.262 e. The number of unbranched alkanes of at least 4 members (excludes halogenated alkanes) is 1. The topological polar surface area (TPSA) is 34.9 Å². The molecule has 0 aliphatic heterocycles. The quantitative estimate of drug-likeness (QED) is 0.469. The van der Waals surface area contributed by atoms with E-state index in [0.29, 0.717) is 33.9 Å². The van der Waals surface area contributed by atoms with Crippen molar-refractivity contribution in [1.29, 1.82) is 0 Å². The van der Waals surface area contributed by atoms with Crippen LogP contribution in [0, 0.1) is 11.6 Å². The van der Waals surface area contributed by atoms with E-state index in [0.717, 1.165) is 18.9 Å². The van der Waals surface area contributed by atoms with Gasteiger partial charge in [0.15, 0.2) is 16.8 Å². The minimum Gasteiger partial charge on any atom is -0.287 e. The van der Waals surface area contributed by atoms with Crippen molar-refractivity contribution in [2.24, 2.45) is 0 Å². The molecule has 1 heterocycles. The van der Waals surface area contributed by atoms with Gasteiger partial charge >= 0.3 is 0 Å². The second-order valence-corrected chi connectivity index (χ2v) is 6.70. The summed E-state index contributed by atoms with van der Waals surface area (Å²) in [6, 6.07) is 11.1. The zero-order valence-corrected chi connectivity index (χ0v) is 14.7. The van der Waals surface area contributed by atoms with Gasteiger partial charge in [-0.2, -0.15) is 0 Å². The van der Waals surface area contributed by atoms with E-state index in [1.807, 2.05) is 18.2 Å². The minimum atomic E-state index is -0.868. The van der Waals surface area contributed by atoms with Crippen molar-refractivity contribution >= 4 is 22.7 Å². The maximum atomic E-state index is 13.4. The molecular weight excluding hydrogens is 342 g/mol. The Kier molecular flexibility index (Phi) is 5.48. The molecular formula is C19H18F2N2OS. The van der Waals surface area contributed by atoms with Gasteiger partial charge in [0.05, 0.1) is 10.9 Å². The van der Waals surface area contributed by atoms with E-state index in [2.05, 4.69) is 11.9 Å². The van der Waals surface area contributed by atoms with Crippen LogP contribution in [-0.4, -0.2) is 9.55 Å². The molecule has 2 aromatic carbocycles. The second-order valence-electron chi connectivity index (χ2n) is 5.76. The van der Waals surface area contributed by atoms with Crippen LogP contribution in [0.2, 0.25) is 0 Å². The lowest BCUT2D eigenvalue weighted by atomic mass is 10.2. The molecule has 0 N–H and O–H groups in total. The van der Waals surface area contributed by atoms with Crippen LogP contribution in [0.15, 0.2) is 52.4 Å². The summed E-state index contributed by atoms with van der Waals surface area (Å²) in [5, 5.41) is 1.19. The fraction of sp³-hybridized carbons (Fsp3) is 0.263. The second kappa shape index (κ2) is 7.78. The van der Waals surface area contributed by atoms with Crippen LogP contribution in [0.3, 0.4) is 0 Å².